The fourth-order valence-electron chi connectivity index (χ4n) is 3.18. The normalized spacial score (nSPS) is 16.7. The lowest BCUT2D eigenvalue weighted by Gasteiger charge is -2.33. The fourth-order valence-corrected chi connectivity index (χ4v) is 3.18. The van der Waals surface area contributed by atoms with E-state index < -0.39 is 18.1 Å². The number of carbonyl (C=O) groups is 3. The summed E-state index contributed by atoms with van der Waals surface area (Å²) >= 11 is 0. The van der Waals surface area contributed by atoms with Gasteiger partial charge in [-0.1, -0.05) is 42.5 Å². The molecule has 0 fully saturated rings. The summed E-state index contributed by atoms with van der Waals surface area (Å²) in [5.41, 5.74) is 1.35. The summed E-state index contributed by atoms with van der Waals surface area (Å²) in [4.78, 5) is 37.7. The molecule has 28 heavy (non-hydrogen) atoms. The van der Waals surface area contributed by atoms with Crippen LogP contribution >= 0.6 is 0 Å². The second-order valence-corrected chi connectivity index (χ2v) is 6.60. The summed E-state index contributed by atoms with van der Waals surface area (Å²) in [6, 6.07) is 15.5. The number of aliphatic carboxylic acids is 1. The van der Waals surface area contributed by atoms with Crippen LogP contribution in [0.4, 0.5) is 5.69 Å². The van der Waals surface area contributed by atoms with E-state index in [0.717, 1.165) is 5.56 Å². The van der Waals surface area contributed by atoms with E-state index in [2.05, 4.69) is 5.32 Å². The molecule has 0 aliphatic carbocycles. The molecular weight excluding hydrogens is 360 g/mol. The molecule has 0 bridgehead atoms. The Kier molecular flexibility index (Phi) is 5.93. The summed E-state index contributed by atoms with van der Waals surface area (Å²) in [5.74, 6) is -0.931. The Bertz CT molecular complexity index is 868. The second kappa shape index (κ2) is 8.56. The first-order valence-electron chi connectivity index (χ1n) is 9.09. The van der Waals surface area contributed by atoms with Crippen molar-refractivity contribution in [2.45, 2.75) is 31.9 Å². The van der Waals surface area contributed by atoms with Gasteiger partial charge in [-0.2, -0.15) is 0 Å². The Hall–Kier alpha value is -3.35. The van der Waals surface area contributed by atoms with Crippen molar-refractivity contribution in [3.05, 3.63) is 60.2 Å². The Labute approximate surface area is 162 Å². The van der Waals surface area contributed by atoms with Gasteiger partial charge in [0, 0.05) is 13.0 Å². The average molecular weight is 382 g/mol. The van der Waals surface area contributed by atoms with Gasteiger partial charge in [0.15, 0.2) is 6.10 Å². The number of amides is 2. The zero-order valence-electron chi connectivity index (χ0n) is 15.5. The Morgan fingerprint density at radius 2 is 1.82 bits per heavy atom. The standard InChI is InChI=1S/C21H22N2O5/c1-14-21(27)23(17-9-5-6-10-18(17)28-14)12-11-19(24)22-16(13-20(25)26)15-7-3-2-4-8-15/h2-10,14,16H,11-13H2,1H3,(H,22,24)(H,25,26)/t14-,16-/m0/s1. The Balaban J connectivity index is 1.67. The van der Waals surface area contributed by atoms with Crippen LogP contribution in [-0.4, -0.2) is 35.5 Å². The number of nitrogens with one attached hydrogen (secondary N) is 1. The Morgan fingerprint density at radius 1 is 1.14 bits per heavy atom. The van der Waals surface area contributed by atoms with Crippen LogP contribution < -0.4 is 15.0 Å². The topological polar surface area (TPSA) is 95.9 Å². The van der Waals surface area contributed by atoms with Gasteiger partial charge in [-0.3, -0.25) is 14.4 Å². The number of anilines is 1. The van der Waals surface area contributed by atoms with E-state index in [9.17, 15) is 14.4 Å². The molecule has 0 aromatic heterocycles. The first-order valence-corrected chi connectivity index (χ1v) is 9.09. The van der Waals surface area contributed by atoms with E-state index in [0.29, 0.717) is 11.4 Å². The highest BCUT2D eigenvalue weighted by atomic mass is 16.5. The molecule has 2 amide bonds. The van der Waals surface area contributed by atoms with Crippen molar-refractivity contribution in [2.24, 2.45) is 0 Å². The van der Waals surface area contributed by atoms with Crippen molar-refractivity contribution >= 4 is 23.5 Å². The molecule has 146 valence electrons. The van der Waals surface area contributed by atoms with Gasteiger partial charge in [-0.05, 0) is 24.6 Å². The number of fused-ring (bicyclic) bond motifs is 1. The minimum absolute atomic E-state index is 0.0513. The van der Waals surface area contributed by atoms with Crippen molar-refractivity contribution < 1.29 is 24.2 Å². The zero-order chi connectivity index (χ0) is 20.1. The molecular formula is C21H22N2O5. The lowest BCUT2D eigenvalue weighted by atomic mass is 10.0. The second-order valence-electron chi connectivity index (χ2n) is 6.60. The third-order valence-electron chi connectivity index (χ3n) is 4.55. The van der Waals surface area contributed by atoms with Crippen LogP contribution in [0.3, 0.4) is 0 Å². The zero-order valence-corrected chi connectivity index (χ0v) is 15.5. The summed E-state index contributed by atoms with van der Waals surface area (Å²) in [6.07, 6.45) is -0.788. The quantitative estimate of drug-likeness (QED) is 0.767. The van der Waals surface area contributed by atoms with Crippen molar-refractivity contribution in [1.82, 2.24) is 5.32 Å². The van der Waals surface area contributed by atoms with Crippen LogP contribution in [0.15, 0.2) is 54.6 Å². The van der Waals surface area contributed by atoms with Crippen molar-refractivity contribution in [2.75, 3.05) is 11.4 Å². The molecule has 0 unspecified atom stereocenters. The van der Waals surface area contributed by atoms with Gasteiger partial charge in [-0.15, -0.1) is 0 Å². The predicted molar refractivity (Wildman–Crippen MR) is 103 cm³/mol. The molecule has 0 spiro atoms. The fraction of sp³-hybridized carbons (Fsp3) is 0.286. The number of benzene rings is 2. The third-order valence-corrected chi connectivity index (χ3v) is 4.55. The smallest absolute Gasteiger partial charge is 0.305 e. The van der Waals surface area contributed by atoms with Crippen LogP contribution in [0.2, 0.25) is 0 Å². The molecule has 0 radical (unpaired) electrons. The first kappa shape index (κ1) is 19.4. The van der Waals surface area contributed by atoms with Gasteiger partial charge < -0.3 is 20.1 Å². The van der Waals surface area contributed by atoms with Gasteiger partial charge in [0.2, 0.25) is 5.91 Å². The molecule has 2 N–H and O–H groups in total. The maximum atomic E-state index is 12.5. The van der Waals surface area contributed by atoms with Crippen LogP contribution in [-0.2, 0) is 14.4 Å². The molecule has 2 atom stereocenters. The van der Waals surface area contributed by atoms with E-state index in [1.807, 2.05) is 12.1 Å². The van der Waals surface area contributed by atoms with E-state index in [4.69, 9.17) is 9.84 Å². The summed E-state index contributed by atoms with van der Waals surface area (Å²) in [6.45, 7) is 1.85. The lowest BCUT2D eigenvalue weighted by molar-refractivity contribution is -0.137. The molecule has 1 aliphatic rings. The number of carbonyl (C=O) groups excluding carboxylic acids is 2. The van der Waals surface area contributed by atoms with E-state index in [1.165, 1.54) is 4.90 Å². The summed E-state index contributed by atoms with van der Waals surface area (Å²) < 4.78 is 5.59. The maximum absolute atomic E-state index is 12.5. The molecule has 2 aromatic rings. The molecule has 1 aliphatic heterocycles. The number of para-hydroxylation sites is 2. The monoisotopic (exact) mass is 382 g/mol. The highest BCUT2D eigenvalue weighted by Gasteiger charge is 2.31. The number of ether oxygens (including phenoxy) is 1. The van der Waals surface area contributed by atoms with Crippen LogP contribution in [0, 0.1) is 0 Å². The highest BCUT2D eigenvalue weighted by molar-refractivity contribution is 6.00. The maximum Gasteiger partial charge on any atom is 0.305 e. The summed E-state index contributed by atoms with van der Waals surface area (Å²) in [5, 5.41) is 11.9. The molecule has 0 saturated heterocycles. The average Bonchev–Trinajstić information content (AvgIpc) is 2.68. The molecule has 3 rings (SSSR count). The van der Waals surface area contributed by atoms with Gasteiger partial charge >= 0.3 is 5.97 Å². The van der Waals surface area contributed by atoms with Gasteiger partial charge in [0.25, 0.3) is 5.91 Å². The molecule has 0 saturated carbocycles. The van der Waals surface area contributed by atoms with Crippen LogP contribution in [0.5, 0.6) is 5.75 Å². The largest absolute Gasteiger partial charge is 0.481 e. The van der Waals surface area contributed by atoms with Crippen molar-refractivity contribution in [1.29, 1.82) is 0 Å². The lowest BCUT2D eigenvalue weighted by Crippen LogP contribution is -2.46. The van der Waals surface area contributed by atoms with Gasteiger partial charge in [0.1, 0.15) is 5.75 Å². The van der Waals surface area contributed by atoms with E-state index in [-0.39, 0.29) is 31.2 Å². The number of rotatable bonds is 7. The van der Waals surface area contributed by atoms with Gasteiger partial charge in [-0.25, -0.2) is 0 Å². The van der Waals surface area contributed by atoms with Crippen LogP contribution in [0.1, 0.15) is 31.4 Å². The molecule has 2 aromatic carbocycles. The SMILES string of the molecule is C[C@@H]1Oc2ccccc2N(CCC(=O)N[C@@H](CC(=O)O)c2ccccc2)C1=O. The highest BCUT2D eigenvalue weighted by Crippen LogP contribution is 2.33. The molecule has 7 nitrogen and oxygen atoms in total. The number of nitrogens with zero attached hydrogens (tertiary/aromatic N) is 1. The molecule has 1 heterocycles. The Morgan fingerprint density at radius 3 is 2.54 bits per heavy atom. The van der Waals surface area contributed by atoms with Crippen molar-refractivity contribution in [3.63, 3.8) is 0 Å². The van der Waals surface area contributed by atoms with E-state index >= 15 is 0 Å². The minimum atomic E-state index is -1.000. The number of hydrogen-bond acceptors (Lipinski definition) is 4. The number of carboxylic acids is 1. The third kappa shape index (κ3) is 4.49. The summed E-state index contributed by atoms with van der Waals surface area (Å²) in [7, 11) is 0. The first-order chi connectivity index (χ1) is 13.5. The number of carboxylic acid groups (broad SMARTS) is 1. The predicted octanol–water partition coefficient (Wildman–Crippen LogP) is 2.52. The van der Waals surface area contributed by atoms with E-state index in [1.54, 1.807) is 49.4 Å². The molecule has 7 heteroatoms. The van der Waals surface area contributed by atoms with Crippen molar-refractivity contribution in [3.8, 4) is 5.75 Å². The minimum Gasteiger partial charge on any atom is -0.481 e. The number of hydrogen-bond donors (Lipinski definition) is 2. The van der Waals surface area contributed by atoms with Crippen LogP contribution in [0.25, 0.3) is 0 Å². The van der Waals surface area contributed by atoms with Gasteiger partial charge in [0.05, 0.1) is 18.2 Å².